The molecular weight excluding hydrogens is 192 g/mol. The number of carbonyl (C=O) groups excluding carboxylic acids is 1. The van der Waals surface area contributed by atoms with Crippen molar-refractivity contribution < 1.29 is 9.53 Å². The Bertz CT molecular complexity index is 193. The summed E-state index contributed by atoms with van der Waals surface area (Å²) in [6.07, 6.45) is 0.649. The number of hydrogen-bond acceptors (Lipinski definition) is 4. The van der Waals surface area contributed by atoms with Crippen molar-refractivity contribution in [2.45, 2.75) is 46.2 Å². The summed E-state index contributed by atoms with van der Waals surface area (Å²) in [5.74, 6) is 0.352. The van der Waals surface area contributed by atoms with Gasteiger partial charge in [-0.25, -0.2) is 0 Å². The number of ether oxygens (including phenoxy) is 1. The molecule has 0 saturated carbocycles. The van der Waals surface area contributed by atoms with Crippen LogP contribution in [0.4, 0.5) is 0 Å². The normalized spacial score (nSPS) is 15.5. The van der Waals surface area contributed by atoms with Crippen LogP contribution in [0, 0.1) is 11.8 Å². The van der Waals surface area contributed by atoms with Crippen LogP contribution < -0.4 is 11.5 Å². The molecule has 0 bridgehead atoms. The number of nitrogens with two attached hydrogens (primary N) is 2. The standard InChI is InChI=1S/C11H24N2O2/c1-7(2)5-9(12)11(14)15-6-10(13)8(3)4/h7-10H,5-6,12-13H2,1-4H3/t9-,10+/m0/s1. The van der Waals surface area contributed by atoms with Gasteiger partial charge in [0.15, 0.2) is 0 Å². The molecule has 0 radical (unpaired) electrons. The zero-order chi connectivity index (χ0) is 12.0. The minimum atomic E-state index is -0.524. The summed E-state index contributed by atoms with van der Waals surface area (Å²) in [7, 11) is 0. The van der Waals surface area contributed by atoms with E-state index >= 15 is 0 Å². The Kier molecular flexibility index (Phi) is 6.52. The first-order valence-corrected chi connectivity index (χ1v) is 5.52. The molecule has 0 aliphatic heterocycles. The molecule has 0 heterocycles. The van der Waals surface area contributed by atoms with Gasteiger partial charge in [0, 0.05) is 6.04 Å². The van der Waals surface area contributed by atoms with E-state index in [1.807, 2.05) is 27.7 Å². The van der Waals surface area contributed by atoms with E-state index in [-0.39, 0.29) is 18.6 Å². The van der Waals surface area contributed by atoms with Crippen LogP contribution in [0.15, 0.2) is 0 Å². The van der Waals surface area contributed by atoms with Crippen molar-refractivity contribution in [3.8, 4) is 0 Å². The van der Waals surface area contributed by atoms with Gasteiger partial charge >= 0.3 is 5.97 Å². The van der Waals surface area contributed by atoms with Gasteiger partial charge in [-0.15, -0.1) is 0 Å². The summed E-state index contributed by atoms with van der Waals surface area (Å²) in [6, 6.07) is -0.635. The minimum absolute atomic E-state index is 0.111. The SMILES string of the molecule is CC(C)C[C@H](N)C(=O)OC[C@@H](N)C(C)C. The maximum atomic E-state index is 11.4. The molecule has 4 nitrogen and oxygen atoms in total. The summed E-state index contributed by atoms with van der Waals surface area (Å²) >= 11 is 0. The predicted molar refractivity (Wildman–Crippen MR) is 61.2 cm³/mol. The molecule has 0 saturated heterocycles. The second-order valence-electron chi connectivity index (χ2n) is 4.77. The zero-order valence-corrected chi connectivity index (χ0v) is 10.2. The lowest BCUT2D eigenvalue weighted by molar-refractivity contribution is -0.146. The van der Waals surface area contributed by atoms with E-state index in [4.69, 9.17) is 16.2 Å². The molecule has 0 aliphatic carbocycles. The van der Waals surface area contributed by atoms with E-state index in [1.54, 1.807) is 0 Å². The van der Waals surface area contributed by atoms with Gasteiger partial charge in [-0.3, -0.25) is 4.79 Å². The lowest BCUT2D eigenvalue weighted by Crippen LogP contribution is -2.38. The maximum absolute atomic E-state index is 11.4. The van der Waals surface area contributed by atoms with Crippen molar-refractivity contribution in [1.29, 1.82) is 0 Å². The molecule has 4 heteroatoms. The molecule has 0 unspecified atom stereocenters. The number of carbonyl (C=O) groups is 1. The number of esters is 1. The summed E-state index contributed by atoms with van der Waals surface area (Å²) in [5, 5.41) is 0. The molecule has 0 aliphatic rings. The van der Waals surface area contributed by atoms with Gasteiger partial charge < -0.3 is 16.2 Å². The molecule has 0 aromatic heterocycles. The molecule has 0 spiro atoms. The van der Waals surface area contributed by atoms with Crippen LogP contribution in [0.1, 0.15) is 34.1 Å². The molecule has 0 amide bonds. The Labute approximate surface area is 92.3 Å². The lowest BCUT2D eigenvalue weighted by atomic mass is 10.0. The zero-order valence-electron chi connectivity index (χ0n) is 10.2. The van der Waals surface area contributed by atoms with E-state index < -0.39 is 6.04 Å². The Hall–Kier alpha value is -0.610. The average molecular weight is 216 g/mol. The van der Waals surface area contributed by atoms with Crippen molar-refractivity contribution >= 4 is 5.97 Å². The van der Waals surface area contributed by atoms with Gasteiger partial charge in [-0.05, 0) is 18.3 Å². The number of hydrogen-bond donors (Lipinski definition) is 2. The molecule has 90 valence electrons. The van der Waals surface area contributed by atoms with Crippen LogP contribution in [-0.2, 0) is 9.53 Å². The van der Waals surface area contributed by atoms with Gasteiger partial charge in [0.1, 0.15) is 12.6 Å². The average Bonchev–Trinajstić information content (AvgIpc) is 2.12. The van der Waals surface area contributed by atoms with Crippen LogP contribution in [0.5, 0.6) is 0 Å². The van der Waals surface area contributed by atoms with Gasteiger partial charge in [0.05, 0.1) is 0 Å². The molecule has 15 heavy (non-hydrogen) atoms. The molecule has 4 N–H and O–H groups in total. The van der Waals surface area contributed by atoms with E-state index in [0.29, 0.717) is 18.3 Å². The molecule has 0 fully saturated rings. The summed E-state index contributed by atoms with van der Waals surface area (Å²) in [4.78, 5) is 11.4. The third kappa shape index (κ3) is 6.47. The molecule has 0 rings (SSSR count). The minimum Gasteiger partial charge on any atom is -0.463 e. The summed E-state index contributed by atoms with van der Waals surface area (Å²) in [6.45, 7) is 8.28. The van der Waals surface area contributed by atoms with E-state index in [1.165, 1.54) is 0 Å². The fraction of sp³-hybridized carbons (Fsp3) is 0.909. The first kappa shape index (κ1) is 14.4. The van der Waals surface area contributed by atoms with Crippen LogP contribution >= 0.6 is 0 Å². The summed E-state index contributed by atoms with van der Waals surface area (Å²) < 4.78 is 5.04. The molecule has 2 atom stereocenters. The highest BCUT2D eigenvalue weighted by Crippen LogP contribution is 2.05. The van der Waals surface area contributed by atoms with E-state index in [0.717, 1.165) is 0 Å². The van der Waals surface area contributed by atoms with Gasteiger partial charge in [-0.1, -0.05) is 27.7 Å². The predicted octanol–water partition coefficient (Wildman–Crippen LogP) is 0.886. The molecule has 0 aromatic rings. The smallest absolute Gasteiger partial charge is 0.322 e. The Morgan fingerprint density at radius 2 is 1.73 bits per heavy atom. The van der Waals surface area contributed by atoms with Crippen LogP contribution in [0.2, 0.25) is 0 Å². The van der Waals surface area contributed by atoms with Gasteiger partial charge in [0.2, 0.25) is 0 Å². The van der Waals surface area contributed by atoms with E-state index in [2.05, 4.69) is 0 Å². The van der Waals surface area contributed by atoms with Gasteiger partial charge in [0.25, 0.3) is 0 Å². The first-order chi connectivity index (χ1) is 6.84. The third-order valence-electron chi connectivity index (χ3n) is 2.30. The highest BCUT2D eigenvalue weighted by molar-refractivity contribution is 5.75. The Morgan fingerprint density at radius 3 is 2.13 bits per heavy atom. The Balaban J connectivity index is 3.83. The second kappa shape index (κ2) is 6.80. The first-order valence-electron chi connectivity index (χ1n) is 5.52. The van der Waals surface area contributed by atoms with Crippen molar-refractivity contribution in [2.24, 2.45) is 23.3 Å². The van der Waals surface area contributed by atoms with Gasteiger partial charge in [-0.2, -0.15) is 0 Å². The number of rotatable bonds is 6. The van der Waals surface area contributed by atoms with Crippen LogP contribution in [-0.4, -0.2) is 24.7 Å². The lowest BCUT2D eigenvalue weighted by Gasteiger charge is -2.18. The molecule has 0 aromatic carbocycles. The fourth-order valence-corrected chi connectivity index (χ4v) is 1.08. The van der Waals surface area contributed by atoms with Crippen molar-refractivity contribution in [3.05, 3.63) is 0 Å². The highest BCUT2D eigenvalue weighted by Gasteiger charge is 2.18. The van der Waals surface area contributed by atoms with Crippen molar-refractivity contribution in [2.75, 3.05) is 6.61 Å². The monoisotopic (exact) mass is 216 g/mol. The maximum Gasteiger partial charge on any atom is 0.322 e. The van der Waals surface area contributed by atoms with Crippen molar-refractivity contribution in [1.82, 2.24) is 0 Å². The topological polar surface area (TPSA) is 78.3 Å². The second-order valence-corrected chi connectivity index (χ2v) is 4.77. The van der Waals surface area contributed by atoms with Crippen LogP contribution in [0.25, 0.3) is 0 Å². The summed E-state index contributed by atoms with van der Waals surface area (Å²) in [5.41, 5.74) is 11.4. The quantitative estimate of drug-likeness (QED) is 0.646. The molecular formula is C11H24N2O2. The van der Waals surface area contributed by atoms with Crippen molar-refractivity contribution in [3.63, 3.8) is 0 Å². The highest BCUT2D eigenvalue weighted by atomic mass is 16.5. The fourth-order valence-electron chi connectivity index (χ4n) is 1.08. The third-order valence-corrected chi connectivity index (χ3v) is 2.30. The van der Waals surface area contributed by atoms with Crippen LogP contribution in [0.3, 0.4) is 0 Å². The Morgan fingerprint density at radius 1 is 1.20 bits per heavy atom. The largest absolute Gasteiger partial charge is 0.463 e. The van der Waals surface area contributed by atoms with E-state index in [9.17, 15) is 4.79 Å².